The Morgan fingerprint density at radius 2 is 1.71 bits per heavy atom. The Balaban J connectivity index is 2.25. The number of benzene rings is 2. The number of aromatic nitrogens is 2. The summed E-state index contributed by atoms with van der Waals surface area (Å²) in [7, 11) is 0. The Bertz CT molecular complexity index is 806. The Hall–Kier alpha value is -2.75. The molecule has 0 radical (unpaired) electrons. The van der Waals surface area contributed by atoms with Gasteiger partial charge < -0.3 is 10.2 Å². The van der Waals surface area contributed by atoms with Crippen molar-refractivity contribution in [2.45, 2.75) is 13.8 Å². The third-order valence-electron chi connectivity index (χ3n) is 3.60. The summed E-state index contributed by atoms with van der Waals surface area (Å²) in [5.41, 5.74) is 5.39. The number of rotatable bonds is 2. The fourth-order valence-electron chi connectivity index (χ4n) is 2.53. The Kier molecular flexibility index (Phi) is 3.14. The van der Waals surface area contributed by atoms with Crippen molar-refractivity contribution < 1.29 is 10.2 Å². The van der Waals surface area contributed by atoms with Crippen LogP contribution in [0.1, 0.15) is 11.3 Å². The number of phenols is 2. The number of nitrogens with zero attached hydrogens (tertiary/aromatic N) is 1. The molecule has 2 aromatic carbocycles. The van der Waals surface area contributed by atoms with Crippen LogP contribution in [-0.2, 0) is 0 Å². The number of aromatic hydroxyl groups is 2. The van der Waals surface area contributed by atoms with Gasteiger partial charge in [0.25, 0.3) is 0 Å². The SMILES string of the molecule is Cc1ccccc1-c1c(-c2ccc(O)cc2O)n[nH]c1C. The molecule has 3 N–H and O–H groups in total. The number of aryl methyl sites for hydroxylation is 2. The van der Waals surface area contributed by atoms with Crippen LogP contribution in [-0.4, -0.2) is 20.4 Å². The highest BCUT2D eigenvalue weighted by Gasteiger charge is 2.18. The Labute approximate surface area is 122 Å². The maximum absolute atomic E-state index is 10.1. The fourth-order valence-corrected chi connectivity index (χ4v) is 2.53. The number of aromatic amines is 1. The van der Waals surface area contributed by atoms with Crippen molar-refractivity contribution in [3.05, 3.63) is 53.7 Å². The lowest BCUT2D eigenvalue weighted by molar-refractivity contribution is 0.452. The molecule has 0 amide bonds. The predicted molar refractivity (Wildman–Crippen MR) is 82.3 cm³/mol. The van der Waals surface area contributed by atoms with Gasteiger partial charge in [-0.2, -0.15) is 5.10 Å². The summed E-state index contributed by atoms with van der Waals surface area (Å²) in [5, 5.41) is 26.8. The summed E-state index contributed by atoms with van der Waals surface area (Å²) in [5.74, 6) is 0.0392. The molecule has 4 nitrogen and oxygen atoms in total. The number of nitrogens with one attached hydrogen (secondary N) is 1. The molecule has 106 valence electrons. The standard InChI is InChI=1S/C17H16N2O2/c1-10-5-3-4-6-13(10)16-11(2)18-19-17(16)14-8-7-12(20)9-15(14)21/h3-9,20-21H,1-2H3,(H,18,19). The summed E-state index contributed by atoms with van der Waals surface area (Å²) in [6.07, 6.45) is 0. The van der Waals surface area contributed by atoms with Gasteiger partial charge in [0, 0.05) is 22.9 Å². The van der Waals surface area contributed by atoms with Crippen LogP contribution in [0.4, 0.5) is 0 Å². The highest BCUT2D eigenvalue weighted by molar-refractivity contribution is 5.86. The van der Waals surface area contributed by atoms with Gasteiger partial charge in [-0.3, -0.25) is 5.10 Å². The predicted octanol–water partition coefficient (Wildman–Crippen LogP) is 3.77. The van der Waals surface area contributed by atoms with E-state index in [4.69, 9.17) is 0 Å². The second-order valence-corrected chi connectivity index (χ2v) is 5.09. The molecular formula is C17H16N2O2. The van der Waals surface area contributed by atoms with Crippen molar-refractivity contribution >= 4 is 0 Å². The molecule has 3 rings (SSSR count). The summed E-state index contributed by atoms with van der Waals surface area (Å²) in [4.78, 5) is 0. The van der Waals surface area contributed by atoms with E-state index in [9.17, 15) is 10.2 Å². The van der Waals surface area contributed by atoms with Gasteiger partial charge >= 0.3 is 0 Å². The number of hydrogen-bond donors (Lipinski definition) is 3. The van der Waals surface area contributed by atoms with E-state index in [1.165, 1.54) is 6.07 Å². The highest BCUT2D eigenvalue weighted by Crippen LogP contribution is 2.39. The maximum atomic E-state index is 10.1. The zero-order valence-corrected chi connectivity index (χ0v) is 11.9. The third-order valence-corrected chi connectivity index (χ3v) is 3.60. The molecule has 0 atom stereocenters. The van der Waals surface area contributed by atoms with E-state index in [-0.39, 0.29) is 11.5 Å². The minimum atomic E-state index is 0.0105. The first-order chi connectivity index (χ1) is 10.1. The third kappa shape index (κ3) is 2.25. The summed E-state index contributed by atoms with van der Waals surface area (Å²) in [6, 6.07) is 12.6. The van der Waals surface area contributed by atoms with Crippen LogP contribution in [0, 0.1) is 13.8 Å². The number of phenolic OH excluding ortho intramolecular Hbond substituents is 2. The lowest BCUT2D eigenvalue weighted by Crippen LogP contribution is -1.87. The van der Waals surface area contributed by atoms with Crippen LogP contribution in [0.5, 0.6) is 11.5 Å². The van der Waals surface area contributed by atoms with Crippen molar-refractivity contribution in [3.8, 4) is 33.9 Å². The largest absolute Gasteiger partial charge is 0.508 e. The van der Waals surface area contributed by atoms with Gasteiger partial charge in [0.15, 0.2) is 0 Å². The van der Waals surface area contributed by atoms with Gasteiger partial charge in [-0.15, -0.1) is 0 Å². The molecule has 0 bridgehead atoms. The average Bonchev–Trinajstić information content (AvgIpc) is 2.81. The van der Waals surface area contributed by atoms with Crippen molar-refractivity contribution in [1.29, 1.82) is 0 Å². The lowest BCUT2D eigenvalue weighted by Gasteiger charge is -2.09. The Morgan fingerprint density at radius 1 is 0.952 bits per heavy atom. The number of H-pyrrole nitrogens is 1. The van der Waals surface area contributed by atoms with Crippen molar-refractivity contribution in [2.24, 2.45) is 0 Å². The average molecular weight is 280 g/mol. The van der Waals surface area contributed by atoms with E-state index >= 15 is 0 Å². The van der Waals surface area contributed by atoms with E-state index in [1.807, 2.05) is 38.1 Å². The van der Waals surface area contributed by atoms with E-state index < -0.39 is 0 Å². The molecule has 0 aliphatic rings. The van der Waals surface area contributed by atoms with E-state index in [0.717, 1.165) is 22.4 Å². The van der Waals surface area contributed by atoms with E-state index in [1.54, 1.807) is 12.1 Å². The van der Waals surface area contributed by atoms with Gasteiger partial charge in [0.05, 0.1) is 0 Å². The molecule has 1 aromatic heterocycles. The quantitative estimate of drug-likeness (QED) is 0.669. The van der Waals surface area contributed by atoms with Crippen LogP contribution >= 0.6 is 0 Å². The molecule has 0 spiro atoms. The Morgan fingerprint density at radius 3 is 2.43 bits per heavy atom. The van der Waals surface area contributed by atoms with Gasteiger partial charge in [-0.25, -0.2) is 0 Å². The van der Waals surface area contributed by atoms with Crippen LogP contribution in [0.15, 0.2) is 42.5 Å². The minimum absolute atomic E-state index is 0.0105. The van der Waals surface area contributed by atoms with Gasteiger partial charge in [-0.1, -0.05) is 24.3 Å². The van der Waals surface area contributed by atoms with Gasteiger partial charge in [0.1, 0.15) is 17.2 Å². The summed E-state index contributed by atoms with van der Waals surface area (Å²) in [6.45, 7) is 4.00. The molecule has 0 saturated heterocycles. The molecule has 4 heteroatoms. The van der Waals surface area contributed by atoms with Crippen molar-refractivity contribution in [1.82, 2.24) is 10.2 Å². The van der Waals surface area contributed by atoms with Crippen LogP contribution < -0.4 is 0 Å². The summed E-state index contributed by atoms with van der Waals surface area (Å²) >= 11 is 0. The van der Waals surface area contributed by atoms with Crippen LogP contribution in [0.25, 0.3) is 22.4 Å². The van der Waals surface area contributed by atoms with Crippen molar-refractivity contribution in [2.75, 3.05) is 0 Å². The molecule has 1 heterocycles. The monoisotopic (exact) mass is 280 g/mol. The zero-order chi connectivity index (χ0) is 15.0. The van der Waals surface area contributed by atoms with E-state index in [2.05, 4.69) is 10.2 Å². The van der Waals surface area contributed by atoms with Crippen LogP contribution in [0.2, 0.25) is 0 Å². The highest BCUT2D eigenvalue weighted by atomic mass is 16.3. The molecule has 0 fully saturated rings. The smallest absolute Gasteiger partial charge is 0.128 e. The van der Waals surface area contributed by atoms with Crippen LogP contribution in [0.3, 0.4) is 0 Å². The molecule has 0 unspecified atom stereocenters. The zero-order valence-electron chi connectivity index (χ0n) is 11.9. The molecule has 0 aliphatic heterocycles. The topological polar surface area (TPSA) is 69.1 Å². The first-order valence-electron chi connectivity index (χ1n) is 6.71. The molecule has 3 aromatic rings. The second-order valence-electron chi connectivity index (χ2n) is 5.09. The molecule has 0 saturated carbocycles. The normalized spacial score (nSPS) is 10.8. The van der Waals surface area contributed by atoms with Crippen molar-refractivity contribution in [3.63, 3.8) is 0 Å². The molecule has 0 aliphatic carbocycles. The number of hydrogen-bond acceptors (Lipinski definition) is 3. The fraction of sp³-hybridized carbons (Fsp3) is 0.118. The van der Waals surface area contributed by atoms with Gasteiger partial charge in [0.2, 0.25) is 0 Å². The van der Waals surface area contributed by atoms with E-state index in [0.29, 0.717) is 11.3 Å². The maximum Gasteiger partial charge on any atom is 0.128 e. The van der Waals surface area contributed by atoms with Gasteiger partial charge in [-0.05, 0) is 37.1 Å². The minimum Gasteiger partial charge on any atom is -0.508 e. The first-order valence-corrected chi connectivity index (χ1v) is 6.71. The molecule has 21 heavy (non-hydrogen) atoms. The second kappa shape index (κ2) is 4.98. The molecular weight excluding hydrogens is 264 g/mol. The lowest BCUT2D eigenvalue weighted by atomic mass is 9.95. The first kappa shape index (κ1) is 13.2. The summed E-state index contributed by atoms with van der Waals surface area (Å²) < 4.78 is 0.